The molecule has 0 aliphatic carbocycles. The number of methoxy groups -OCH3 is 1. The van der Waals surface area contributed by atoms with E-state index in [1.807, 2.05) is 6.92 Å². The second kappa shape index (κ2) is 7.28. The summed E-state index contributed by atoms with van der Waals surface area (Å²) in [5, 5.41) is 6.22. The van der Waals surface area contributed by atoms with Crippen molar-refractivity contribution in [3.8, 4) is 0 Å². The monoisotopic (exact) mass is 376 g/mol. The van der Waals surface area contributed by atoms with Gasteiger partial charge in [-0.15, -0.1) is 0 Å². The number of nitrogens with one attached hydrogen (secondary N) is 2. The minimum absolute atomic E-state index is 0.0915. The zero-order valence-corrected chi connectivity index (χ0v) is 15.3. The first-order chi connectivity index (χ1) is 12.3. The van der Waals surface area contributed by atoms with Crippen molar-refractivity contribution in [2.45, 2.75) is 19.4 Å². The van der Waals surface area contributed by atoms with E-state index in [-0.39, 0.29) is 17.5 Å². The summed E-state index contributed by atoms with van der Waals surface area (Å²) < 4.78 is 27.9. The van der Waals surface area contributed by atoms with E-state index in [9.17, 15) is 13.2 Å². The molecule has 0 radical (unpaired) electrons. The van der Waals surface area contributed by atoms with Crippen LogP contribution in [0.5, 0.6) is 0 Å². The second-order valence-corrected chi connectivity index (χ2v) is 8.39. The molecule has 1 aliphatic heterocycles. The third-order valence-electron chi connectivity index (χ3n) is 3.98. The van der Waals surface area contributed by atoms with Crippen LogP contribution in [0.15, 0.2) is 30.3 Å². The fourth-order valence-corrected chi connectivity index (χ4v) is 4.45. The number of carbonyl (C=O) groups excluding carboxylic acids is 1. The quantitative estimate of drug-likeness (QED) is 0.762. The molecule has 1 unspecified atom stereocenters. The number of aryl methyl sites for hydroxylation is 1. The fraction of sp³-hybridized carbons (Fsp3) is 0.353. The average Bonchev–Trinajstić information content (AvgIpc) is 2.92. The van der Waals surface area contributed by atoms with Crippen LogP contribution in [0.25, 0.3) is 0 Å². The molecule has 9 heteroatoms. The van der Waals surface area contributed by atoms with Gasteiger partial charge in [0, 0.05) is 23.5 Å². The molecule has 2 aromatic rings. The van der Waals surface area contributed by atoms with E-state index < -0.39 is 15.8 Å². The first-order valence-electron chi connectivity index (χ1n) is 8.13. The largest absolute Gasteiger partial charge is 0.465 e. The number of esters is 1. The number of sulfone groups is 1. The summed E-state index contributed by atoms with van der Waals surface area (Å²) in [4.78, 5) is 20.3. The molecule has 3 rings (SSSR count). The van der Waals surface area contributed by atoms with Crippen LogP contribution in [-0.2, 0) is 14.6 Å². The van der Waals surface area contributed by atoms with Crippen LogP contribution in [0.4, 0.5) is 17.5 Å². The van der Waals surface area contributed by atoms with Crippen LogP contribution in [0.1, 0.15) is 22.5 Å². The minimum atomic E-state index is -2.98. The topological polar surface area (TPSA) is 110 Å². The highest BCUT2D eigenvalue weighted by Gasteiger charge is 2.28. The van der Waals surface area contributed by atoms with Crippen LogP contribution < -0.4 is 10.6 Å². The van der Waals surface area contributed by atoms with E-state index in [2.05, 4.69) is 20.6 Å². The molecule has 1 fully saturated rings. The number of rotatable bonds is 5. The first kappa shape index (κ1) is 18.1. The van der Waals surface area contributed by atoms with Crippen molar-refractivity contribution < 1.29 is 17.9 Å². The van der Waals surface area contributed by atoms with Gasteiger partial charge in [0.1, 0.15) is 5.82 Å². The number of hydrogen-bond acceptors (Lipinski definition) is 8. The number of hydrogen-bond donors (Lipinski definition) is 2. The number of ether oxygens (including phenoxy) is 1. The van der Waals surface area contributed by atoms with Crippen LogP contribution >= 0.6 is 0 Å². The molecule has 1 atom stereocenters. The smallest absolute Gasteiger partial charge is 0.337 e. The average molecular weight is 376 g/mol. The number of anilines is 3. The van der Waals surface area contributed by atoms with Gasteiger partial charge in [0.05, 0.1) is 24.2 Å². The summed E-state index contributed by atoms with van der Waals surface area (Å²) in [6.45, 7) is 1.83. The van der Waals surface area contributed by atoms with E-state index >= 15 is 0 Å². The zero-order valence-electron chi connectivity index (χ0n) is 14.5. The Kier molecular flexibility index (Phi) is 5.08. The Morgan fingerprint density at radius 1 is 1.27 bits per heavy atom. The summed E-state index contributed by atoms with van der Waals surface area (Å²) >= 11 is 0. The highest BCUT2D eigenvalue weighted by atomic mass is 32.2. The Hall–Kier alpha value is -2.68. The SMILES string of the molecule is COC(=O)c1cccc(Nc2cc(C)nc(NC3CCS(=O)(=O)C3)n2)c1. The third kappa shape index (κ3) is 4.48. The lowest BCUT2D eigenvalue weighted by molar-refractivity contribution is 0.0601. The molecule has 0 saturated carbocycles. The molecule has 8 nitrogen and oxygen atoms in total. The predicted molar refractivity (Wildman–Crippen MR) is 98.5 cm³/mol. The molecule has 1 aromatic heterocycles. The summed E-state index contributed by atoms with van der Waals surface area (Å²) in [6, 6.07) is 8.46. The lowest BCUT2D eigenvalue weighted by atomic mass is 10.2. The molecule has 1 saturated heterocycles. The van der Waals surface area contributed by atoms with Crippen molar-refractivity contribution in [1.29, 1.82) is 0 Å². The molecule has 1 aromatic carbocycles. The molecule has 2 N–H and O–H groups in total. The van der Waals surface area contributed by atoms with Gasteiger partial charge in [-0.3, -0.25) is 0 Å². The number of carbonyl (C=O) groups is 1. The fourth-order valence-electron chi connectivity index (χ4n) is 2.78. The van der Waals surface area contributed by atoms with Gasteiger partial charge in [0.25, 0.3) is 0 Å². The zero-order chi connectivity index (χ0) is 18.7. The van der Waals surface area contributed by atoms with Gasteiger partial charge in [0.15, 0.2) is 9.84 Å². The van der Waals surface area contributed by atoms with Crippen LogP contribution in [-0.4, -0.2) is 49.0 Å². The van der Waals surface area contributed by atoms with E-state index in [1.54, 1.807) is 30.3 Å². The lowest BCUT2D eigenvalue weighted by Crippen LogP contribution is -2.22. The molecular formula is C17H20N4O4S. The Morgan fingerprint density at radius 3 is 2.77 bits per heavy atom. The molecule has 0 amide bonds. The maximum Gasteiger partial charge on any atom is 0.337 e. The molecule has 2 heterocycles. The standard InChI is InChI=1S/C17H20N4O4S/c1-11-8-15(19-13-5-3-4-12(9-13)16(22)25-2)21-17(18-11)20-14-6-7-26(23,24)10-14/h3-5,8-9,14H,6-7,10H2,1-2H3,(H2,18,19,20,21). The highest BCUT2D eigenvalue weighted by molar-refractivity contribution is 7.91. The molecule has 1 aliphatic rings. The van der Waals surface area contributed by atoms with Gasteiger partial charge in [-0.05, 0) is 31.5 Å². The summed E-state index contributed by atoms with van der Waals surface area (Å²) in [5.41, 5.74) is 1.84. The van der Waals surface area contributed by atoms with Crippen molar-refractivity contribution >= 4 is 33.3 Å². The van der Waals surface area contributed by atoms with Gasteiger partial charge in [0.2, 0.25) is 5.95 Å². The highest BCUT2D eigenvalue weighted by Crippen LogP contribution is 2.20. The van der Waals surface area contributed by atoms with Crippen molar-refractivity contribution in [2.75, 3.05) is 29.2 Å². The van der Waals surface area contributed by atoms with Gasteiger partial charge in [-0.2, -0.15) is 4.98 Å². The van der Waals surface area contributed by atoms with Crippen LogP contribution in [0.3, 0.4) is 0 Å². The van der Waals surface area contributed by atoms with Gasteiger partial charge < -0.3 is 15.4 Å². The normalized spacial score (nSPS) is 18.3. The Labute approximate surface area is 151 Å². The molecule has 0 bridgehead atoms. The van der Waals surface area contributed by atoms with Crippen LogP contribution in [0, 0.1) is 6.92 Å². The van der Waals surface area contributed by atoms with E-state index in [0.29, 0.717) is 29.4 Å². The predicted octanol–water partition coefficient (Wildman–Crippen LogP) is 1.91. The Bertz CT molecular complexity index is 930. The second-order valence-electron chi connectivity index (χ2n) is 6.16. The minimum Gasteiger partial charge on any atom is -0.465 e. The van der Waals surface area contributed by atoms with Crippen LogP contribution in [0.2, 0.25) is 0 Å². The van der Waals surface area contributed by atoms with Crippen molar-refractivity contribution in [3.05, 3.63) is 41.6 Å². The molecule has 0 spiro atoms. The Balaban J connectivity index is 1.77. The van der Waals surface area contributed by atoms with Gasteiger partial charge in [-0.25, -0.2) is 18.2 Å². The summed E-state index contributed by atoms with van der Waals surface area (Å²) in [6.07, 6.45) is 0.545. The van der Waals surface area contributed by atoms with E-state index in [0.717, 1.165) is 5.69 Å². The van der Waals surface area contributed by atoms with E-state index in [1.165, 1.54) is 7.11 Å². The number of benzene rings is 1. The third-order valence-corrected chi connectivity index (χ3v) is 5.74. The van der Waals surface area contributed by atoms with Crippen molar-refractivity contribution in [2.24, 2.45) is 0 Å². The van der Waals surface area contributed by atoms with E-state index in [4.69, 9.17) is 4.74 Å². The maximum absolute atomic E-state index is 11.6. The first-order valence-corrected chi connectivity index (χ1v) is 9.95. The lowest BCUT2D eigenvalue weighted by Gasteiger charge is -2.13. The van der Waals surface area contributed by atoms with Gasteiger partial charge in [-0.1, -0.05) is 6.07 Å². The van der Waals surface area contributed by atoms with Crippen molar-refractivity contribution in [1.82, 2.24) is 9.97 Å². The summed E-state index contributed by atoms with van der Waals surface area (Å²) in [7, 11) is -1.65. The number of nitrogens with zero attached hydrogens (tertiary/aromatic N) is 2. The maximum atomic E-state index is 11.6. The molecular weight excluding hydrogens is 356 g/mol. The Morgan fingerprint density at radius 2 is 2.08 bits per heavy atom. The number of aromatic nitrogens is 2. The summed E-state index contributed by atoms with van der Waals surface area (Å²) in [5.74, 6) is 0.773. The molecule has 138 valence electrons. The molecule has 26 heavy (non-hydrogen) atoms. The van der Waals surface area contributed by atoms with Gasteiger partial charge >= 0.3 is 5.97 Å². The van der Waals surface area contributed by atoms with Crippen molar-refractivity contribution in [3.63, 3.8) is 0 Å².